The highest BCUT2D eigenvalue weighted by atomic mass is 32.2. The van der Waals surface area contributed by atoms with Crippen molar-refractivity contribution in [3.8, 4) is 0 Å². The number of nitrogens with zero attached hydrogens (tertiary/aromatic N) is 5. The fraction of sp³-hybridized carbons (Fsp3) is 0.625. The lowest BCUT2D eigenvalue weighted by atomic mass is 10.4. The molecule has 0 spiro atoms. The number of imidazole rings is 1. The number of carbonyl (C=O) groups excluding carboxylic acids is 1. The van der Waals surface area contributed by atoms with E-state index in [-0.39, 0.29) is 23.3 Å². The van der Waals surface area contributed by atoms with E-state index in [1.54, 1.807) is 16.5 Å². The Morgan fingerprint density at radius 1 is 1.19 bits per heavy atom. The number of fused-ring (bicyclic) bond motifs is 1. The van der Waals surface area contributed by atoms with Gasteiger partial charge in [0.15, 0.2) is 16.3 Å². The summed E-state index contributed by atoms with van der Waals surface area (Å²) in [5.74, 6) is 0.243. The SMILES string of the molecule is CC(C)n1c(SCC(=O)N2CCOCC2)nc2c1c(=O)n(C)c(=O)n2C. The fourth-order valence-corrected chi connectivity index (χ4v) is 4.03. The first kappa shape index (κ1) is 18.7. The topological polar surface area (TPSA) is 91.4 Å². The zero-order valence-corrected chi connectivity index (χ0v) is 16.2. The van der Waals surface area contributed by atoms with Crippen LogP contribution in [0.5, 0.6) is 0 Å². The molecule has 2 aromatic rings. The molecular weight excluding hydrogens is 358 g/mol. The van der Waals surface area contributed by atoms with Crippen LogP contribution in [0, 0.1) is 0 Å². The fourth-order valence-electron chi connectivity index (χ4n) is 3.01. The first-order valence-corrected chi connectivity index (χ1v) is 9.47. The molecule has 0 radical (unpaired) electrons. The lowest BCUT2D eigenvalue weighted by molar-refractivity contribution is -0.132. The summed E-state index contributed by atoms with van der Waals surface area (Å²) >= 11 is 1.29. The average Bonchev–Trinajstić information content (AvgIpc) is 3.03. The molecule has 0 saturated carbocycles. The number of carbonyl (C=O) groups is 1. The largest absolute Gasteiger partial charge is 0.378 e. The molecule has 9 nitrogen and oxygen atoms in total. The van der Waals surface area contributed by atoms with Crippen molar-refractivity contribution in [2.45, 2.75) is 25.0 Å². The van der Waals surface area contributed by atoms with Gasteiger partial charge in [-0.25, -0.2) is 9.78 Å². The zero-order chi connectivity index (χ0) is 19.0. The van der Waals surface area contributed by atoms with Crippen LogP contribution in [0.1, 0.15) is 19.9 Å². The Morgan fingerprint density at radius 3 is 2.46 bits per heavy atom. The van der Waals surface area contributed by atoms with Gasteiger partial charge in [-0.1, -0.05) is 11.8 Å². The molecule has 3 rings (SSSR count). The molecule has 0 aliphatic carbocycles. The van der Waals surface area contributed by atoms with Crippen LogP contribution in [-0.2, 0) is 23.6 Å². The van der Waals surface area contributed by atoms with Crippen LogP contribution in [0.15, 0.2) is 14.7 Å². The number of aromatic nitrogens is 4. The second kappa shape index (κ2) is 7.28. The molecule has 2 aromatic heterocycles. The van der Waals surface area contributed by atoms with E-state index in [1.807, 2.05) is 13.8 Å². The lowest BCUT2D eigenvalue weighted by Gasteiger charge is -2.26. The van der Waals surface area contributed by atoms with Gasteiger partial charge in [-0.05, 0) is 13.8 Å². The van der Waals surface area contributed by atoms with E-state index >= 15 is 0 Å². The predicted octanol–water partition coefficient (Wildman–Crippen LogP) is -0.0345. The molecule has 1 aliphatic heterocycles. The summed E-state index contributed by atoms with van der Waals surface area (Å²) in [6.45, 7) is 6.18. The van der Waals surface area contributed by atoms with Crippen molar-refractivity contribution in [3.63, 3.8) is 0 Å². The minimum atomic E-state index is -0.420. The second-order valence-electron chi connectivity index (χ2n) is 6.52. The average molecular weight is 381 g/mol. The Morgan fingerprint density at radius 2 is 1.85 bits per heavy atom. The molecule has 10 heteroatoms. The van der Waals surface area contributed by atoms with E-state index in [0.29, 0.717) is 42.6 Å². The van der Waals surface area contributed by atoms with Crippen LogP contribution < -0.4 is 11.2 Å². The third-order valence-corrected chi connectivity index (χ3v) is 5.40. The van der Waals surface area contributed by atoms with Crippen molar-refractivity contribution in [2.24, 2.45) is 14.1 Å². The van der Waals surface area contributed by atoms with E-state index in [2.05, 4.69) is 4.98 Å². The maximum atomic E-state index is 12.6. The molecule has 0 aromatic carbocycles. The van der Waals surface area contributed by atoms with E-state index in [9.17, 15) is 14.4 Å². The Hall–Kier alpha value is -2.07. The number of morpholine rings is 1. The molecule has 1 aliphatic rings. The summed E-state index contributed by atoms with van der Waals surface area (Å²) in [6, 6.07) is -0.0359. The molecule has 142 valence electrons. The molecular formula is C16H23N5O4S. The van der Waals surface area contributed by atoms with Gasteiger partial charge >= 0.3 is 5.69 Å². The lowest BCUT2D eigenvalue weighted by Crippen LogP contribution is -2.41. The van der Waals surface area contributed by atoms with Crippen LogP contribution in [-0.4, -0.2) is 61.5 Å². The first-order chi connectivity index (χ1) is 12.3. The molecule has 0 bridgehead atoms. The molecule has 1 fully saturated rings. The predicted molar refractivity (Wildman–Crippen MR) is 98.7 cm³/mol. The van der Waals surface area contributed by atoms with Crippen LogP contribution in [0.25, 0.3) is 11.2 Å². The zero-order valence-electron chi connectivity index (χ0n) is 15.4. The Balaban J connectivity index is 1.98. The van der Waals surface area contributed by atoms with Crippen LogP contribution in [0.3, 0.4) is 0 Å². The van der Waals surface area contributed by atoms with Crippen molar-refractivity contribution in [1.82, 2.24) is 23.6 Å². The van der Waals surface area contributed by atoms with Gasteiger partial charge in [-0.2, -0.15) is 0 Å². The van der Waals surface area contributed by atoms with Crippen molar-refractivity contribution in [2.75, 3.05) is 32.1 Å². The number of ether oxygens (including phenoxy) is 1. The quantitative estimate of drug-likeness (QED) is 0.691. The van der Waals surface area contributed by atoms with Gasteiger partial charge in [0.1, 0.15) is 0 Å². The van der Waals surface area contributed by atoms with Crippen molar-refractivity contribution in [1.29, 1.82) is 0 Å². The number of hydrogen-bond acceptors (Lipinski definition) is 6. The number of hydrogen-bond donors (Lipinski definition) is 0. The molecule has 0 N–H and O–H groups in total. The molecule has 26 heavy (non-hydrogen) atoms. The normalized spacial score (nSPS) is 15.2. The Kier molecular flexibility index (Phi) is 5.24. The smallest absolute Gasteiger partial charge is 0.332 e. The van der Waals surface area contributed by atoms with Gasteiger partial charge in [-0.15, -0.1) is 0 Å². The van der Waals surface area contributed by atoms with Gasteiger partial charge in [0.2, 0.25) is 5.91 Å². The van der Waals surface area contributed by atoms with Crippen LogP contribution in [0.4, 0.5) is 0 Å². The Labute approximate surface area is 154 Å². The maximum Gasteiger partial charge on any atom is 0.332 e. The molecule has 3 heterocycles. The Bertz CT molecular complexity index is 952. The molecule has 1 saturated heterocycles. The van der Waals surface area contributed by atoms with Gasteiger partial charge in [-0.3, -0.25) is 18.7 Å². The monoisotopic (exact) mass is 381 g/mol. The third-order valence-electron chi connectivity index (χ3n) is 4.46. The highest BCUT2D eigenvalue weighted by Crippen LogP contribution is 2.25. The second-order valence-corrected chi connectivity index (χ2v) is 7.46. The summed E-state index contributed by atoms with van der Waals surface area (Å²) in [6.07, 6.45) is 0. The summed E-state index contributed by atoms with van der Waals surface area (Å²) < 4.78 is 9.51. The van der Waals surface area contributed by atoms with E-state index in [1.165, 1.54) is 23.4 Å². The van der Waals surface area contributed by atoms with Gasteiger partial charge < -0.3 is 14.2 Å². The molecule has 0 unspecified atom stereocenters. The van der Waals surface area contributed by atoms with Gasteiger partial charge in [0.05, 0.1) is 19.0 Å². The third kappa shape index (κ3) is 3.18. The molecule has 1 amide bonds. The van der Waals surface area contributed by atoms with Crippen molar-refractivity contribution >= 4 is 28.8 Å². The van der Waals surface area contributed by atoms with E-state index in [0.717, 1.165) is 4.57 Å². The minimum Gasteiger partial charge on any atom is -0.378 e. The number of aryl methyl sites for hydroxylation is 1. The maximum absolute atomic E-state index is 12.6. The summed E-state index contributed by atoms with van der Waals surface area (Å²) in [5.41, 5.74) is -0.0773. The number of rotatable bonds is 4. The first-order valence-electron chi connectivity index (χ1n) is 8.49. The van der Waals surface area contributed by atoms with Gasteiger partial charge in [0.25, 0.3) is 5.56 Å². The summed E-state index contributed by atoms with van der Waals surface area (Å²) in [4.78, 5) is 43.4. The minimum absolute atomic E-state index is 0.0162. The van der Waals surface area contributed by atoms with Crippen LogP contribution >= 0.6 is 11.8 Å². The van der Waals surface area contributed by atoms with E-state index < -0.39 is 5.69 Å². The number of amides is 1. The highest BCUT2D eigenvalue weighted by molar-refractivity contribution is 7.99. The highest BCUT2D eigenvalue weighted by Gasteiger charge is 2.23. The van der Waals surface area contributed by atoms with Gasteiger partial charge in [0, 0.05) is 33.2 Å². The van der Waals surface area contributed by atoms with Crippen molar-refractivity contribution in [3.05, 3.63) is 20.8 Å². The standard InChI is InChI=1S/C16H23N5O4S/c1-10(2)21-12-13(18(3)16(24)19(4)14(12)23)17-15(21)26-9-11(22)20-5-7-25-8-6-20/h10H,5-9H2,1-4H3. The summed E-state index contributed by atoms with van der Waals surface area (Å²) in [7, 11) is 3.05. The number of thioether (sulfide) groups is 1. The van der Waals surface area contributed by atoms with Crippen LogP contribution in [0.2, 0.25) is 0 Å². The van der Waals surface area contributed by atoms with E-state index in [4.69, 9.17) is 4.74 Å². The van der Waals surface area contributed by atoms with Crippen molar-refractivity contribution < 1.29 is 9.53 Å². The summed E-state index contributed by atoms with van der Waals surface area (Å²) in [5, 5.41) is 0.565. The molecule has 0 atom stereocenters.